The van der Waals surface area contributed by atoms with E-state index in [1.807, 2.05) is 11.4 Å². The fourth-order valence-corrected chi connectivity index (χ4v) is 3.70. The van der Waals surface area contributed by atoms with Crippen molar-refractivity contribution in [2.24, 2.45) is 5.92 Å². The zero-order chi connectivity index (χ0) is 18.5. The second-order valence-electron chi connectivity index (χ2n) is 6.00. The van der Waals surface area contributed by atoms with E-state index in [-0.39, 0.29) is 17.7 Å². The van der Waals surface area contributed by atoms with Crippen LogP contribution < -0.4 is 10.9 Å². The molecule has 1 aromatic heterocycles. The molecule has 136 valence electrons. The number of hydrogen-bond acceptors (Lipinski definition) is 4. The number of thiophene rings is 1. The number of piperidine rings is 1. The highest BCUT2D eigenvalue weighted by Gasteiger charge is 2.28. The van der Waals surface area contributed by atoms with Crippen LogP contribution in [0.4, 0.5) is 0 Å². The van der Waals surface area contributed by atoms with E-state index in [1.165, 1.54) is 17.4 Å². The van der Waals surface area contributed by atoms with Gasteiger partial charge >= 0.3 is 0 Å². The Balaban J connectivity index is 1.46. The van der Waals surface area contributed by atoms with Gasteiger partial charge in [-0.25, -0.2) is 0 Å². The van der Waals surface area contributed by atoms with E-state index in [1.54, 1.807) is 29.2 Å². The first-order valence-electron chi connectivity index (χ1n) is 8.23. The number of hydrazine groups is 1. The standard InChI is InChI=1S/C18H18ClN3O3S/c19-14-4-1-3-13(11-14)17(24)21-20-16(23)12-6-8-22(9-7-12)18(25)15-5-2-10-26-15/h1-5,10-12H,6-9H2,(H,20,23)(H,21,24). The maximum atomic E-state index is 12.3. The Hall–Kier alpha value is -2.38. The summed E-state index contributed by atoms with van der Waals surface area (Å²) >= 11 is 7.27. The average molecular weight is 392 g/mol. The van der Waals surface area contributed by atoms with E-state index in [0.717, 1.165) is 0 Å². The molecule has 1 aromatic carbocycles. The van der Waals surface area contributed by atoms with E-state index in [2.05, 4.69) is 10.9 Å². The van der Waals surface area contributed by atoms with Gasteiger partial charge < -0.3 is 4.90 Å². The number of benzene rings is 1. The first-order valence-corrected chi connectivity index (χ1v) is 9.49. The minimum atomic E-state index is -0.425. The predicted molar refractivity (Wildman–Crippen MR) is 100 cm³/mol. The molecule has 2 aromatic rings. The molecule has 0 atom stereocenters. The highest BCUT2D eigenvalue weighted by molar-refractivity contribution is 7.12. The van der Waals surface area contributed by atoms with Crippen molar-refractivity contribution in [3.05, 3.63) is 57.2 Å². The Morgan fingerprint density at radius 1 is 1.08 bits per heavy atom. The largest absolute Gasteiger partial charge is 0.338 e. The molecule has 26 heavy (non-hydrogen) atoms. The van der Waals surface area contributed by atoms with Gasteiger partial charge in [0, 0.05) is 29.6 Å². The minimum Gasteiger partial charge on any atom is -0.338 e. The van der Waals surface area contributed by atoms with Crippen LogP contribution in [0.25, 0.3) is 0 Å². The van der Waals surface area contributed by atoms with Crippen molar-refractivity contribution in [2.45, 2.75) is 12.8 Å². The summed E-state index contributed by atoms with van der Waals surface area (Å²) in [6.45, 7) is 1.05. The van der Waals surface area contributed by atoms with Gasteiger partial charge in [0.1, 0.15) is 0 Å². The summed E-state index contributed by atoms with van der Waals surface area (Å²) in [5.74, 6) is -0.898. The second-order valence-corrected chi connectivity index (χ2v) is 7.38. The molecule has 0 saturated carbocycles. The van der Waals surface area contributed by atoms with E-state index >= 15 is 0 Å². The molecule has 1 aliphatic heterocycles. The SMILES string of the molecule is O=C(NNC(=O)C1CCN(C(=O)c2cccs2)CC1)c1cccc(Cl)c1. The van der Waals surface area contributed by atoms with E-state index < -0.39 is 5.91 Å². The van der Waals surface area contributed by atoms with Gasteiger partial charge in [0.15, 0.2) is 0 Å². The monoisotopic (exact) mass is 391 g/mol. The van der Waals surface area contributed by atoms with E-state index in [0.29, 0.717) is 41.4 Å². The van der Waals surface area contributed by atoms with Crippen molar-refractivity contribution >= 4 is 40.7 Å². The number of nitrogens with one attached hydrogen (secondary N) is 2. The molecule has 2 N–H and O–H groups in total. The van der Waals surface area contributed by atoms with Gasteiger partial charge in [0.2, 0.25) is 5.91 Å². The Morgan fingerprint density at radius 2 is 1.85 bits per heavy atom. The summed E-state index contributed by atoms with van der Waals surface area (Å²) in [5, 5.41) is 2.32. The molecule has 8 heteroatoms. The van der Waals surface area contributed by atoms with E-state index in [9.17, 15) is 14.4 Å². The topological polar surface area (TPSA) is 78.5 Å². The molecule has 1 fully saturated rings. The van der Waals surface area contributed by atoms with E-state index in [4.69, 9.17) is 11.6 Å². The Morgan fingerprint density at radius 3 is 2.50 bits per heavy atom. The van der Waals surface area contributed by atoms with Gasteiger partial charge in [-0.2, -0.15) is 0 Å². The van der Waals surface area contributed by atoms with Gasteiger partial charge in [-0.15, -0.1) is 11.3 Å². The molecular weight excluding hydrogens is 374 g/mol. The average Bonchev–Trinajstić information content (AvgIpc) is 3.20. The first-order chi connectivity index (χ1) is 12.5. The van der Waals surface area contributed by atoms with Crippen molar-refractivity contribution in [3.8, 4) is 0 Å². The van der Waals surface area contributed by atoms with Gasteiger partial charge in [-0.05, 0) is 42.5 Å². The number of amides is 3. The van der Waals surface area contributed by atoms with Crippen LogP contribution in [-0.4, -0.2) is 35.7 Å². The Bertz CT molecular complexity index is 802. The molecular formula is C18H18ClN3O3S. The van der Waals surface area contributed by atoms with Gasteiger partial charge in [-0.1, -0.05) is 23.7 Å². The van der Waals surface area contributed by atoms with Crippen molar-refractivity contribution in [1.29, 1.82) is 0 Å². The van der Waals surface area contributed by atoms with Gasteiger partial charge in [0.25, 0.3) is 11.8 Å². The van der Waals surface area contributed by atoms with Crippen molar-refractivity contribution in [1.82, 2.24) is 15.8 Å². The number of likely N-dealkylation sites (tertiary alicyclic amines) is 1. The molecule has 0 bridgehead atoms. The lowest BCUT2D eigenvalue weighted by Crippen LogP contribution is -2.48. The van der Waals surface area contributed by atoms with Gasteiger partial charge in [0.05, 0.1) is 4.88 Å². The third kappa shape index (κ3) is 4.42. The summed E-state index contributed by atoms with van der Waals surface area (Å²) in [6, 6.07) is 10.1. The minimum absolute atomic E-state index is 0.00752. The van der Waals surface area contributed by atoms with Gasteiger partial charge in [-0.3, -0.25) is 25.2 Å². The molecule has 0 unspecified atom stereocenters. The van der Waals surface area contributed by atoms with Crippen LogP contribution in [0.1, 0.15) is 32.9 Å². The number of hydrogen-bond donors (Lipinski definition) is 2. The lowest BCUT2D eigenvalue weighted by atomic mass is 9.96. The molecule has 3 rings (SSSR count). The highest BCUT2D eigenvalue weighted by atomic mass is 35.5. The maximum Gasteiger partial charge on any atom is 0.269 e. The van der Waals surface area contributed by atoms with Crippen LogP contribution in [0.2, 0.25) is 5.02 Å². The molecule has 1 aliphatic rings. The fourth-order valence-electron chi connectivity index (χ4n) is 2.82. The lowest BCUT2D eigenvalue weighted by molar-refractivity contribution is -0.127. The summed E-state index contributed by atoms with van der Waals surface area (Å²) in [6.07, 6.45) is 1.13. The van der Waals surface area contributed by atoms with Crippen LogP contribution in [0.5, 0.6) is 0 Å². The van der Waals surface area contributed by atoms with Crippen LogP contribution in [-0.2, 0) is 4.79 Å². The number of carbonyl (C=O) groups is 3. The molecule has 2 heterocycles. The van der Waals surface area contributed by atoms with Crippen LogP contribution in [0.3, 0.4) is 0 Å². The van der Waals surface area contributed by atoms with Crippen molar-refractivity contribution in [2.75, 3.05) is 13.1 Å². The summed E-state index contributed by atoms with van der Waals surface area (Å²) < 4.78 is 0. The van der Waals surface area contributed by atoms with Crippen LogP contribution >= 0.6 is 22.9 Å². The summed E-state index contributed by atoms with van der Waals surface area (Å²) in [7, 11) is 0. The van der Waals surface area contributed by atoms with Crippen molar-refractivity contribution < 1.29 is 14.4 Å². The smallest absolute Gasteiger partial charge is 0.269 e. The zero-order valence-corrected chi connectivity index (χ0v) is 15.5. The lowest BCUT2D eigenvalue weighted by Gasteiger charge is -2.31. The molecule has 0 aliphatic carbocycles. The fraction of sp³-hybridized carbons (Fsp3) is 0.278. The summed E-state index contributed by atoms with van der Waals surface area (Å²) in [5.41, 5.74) is 5.23. The zero-order valence-electron chi connectivity index (χ0n) is 13.9. The highest BCUT2D eigenvalue weighted by Crippen LogP contribution is 2.20. The van der Waals surface area contributed by atoms with Crippen molar-refractivity contribution in [3.63, 3.8) is 0 Å². The Kier molecular flexibility index (Phi) is 5.90. The predicted octanol–water partition coefficient (Wildman–Crippen LogP) is 2.71. The molecule has 0 spiro atoms. The number of carbonyl (C=O) groups excluding carboxylic acids is 3. The summed E-state index contributed by atoms with van der Waals surface area (Å²) in [4.78, 5) is 39.1. The first kappa shape index (κ1) is 18.4. The Labute approximate surface area is 160 Å². The number of nitrogens with zero attached hydrogens (tertiary/aromatic N) is 1. The number of halogens is 1. The number of rotatable bonds is 3. The normalized spacial score (nSPS) is 14.7. The quantitative estimate of drug-likeness (QED) is 0.789. The second kappa shape index (κ2) is 8.33. The van der Waals surface area contributed by atoms with Crippen LogP contribution in [0, 0.1) is 5.92 Å². The van der Waals surface area contributed by atoms with Crippen LogP contribution in [0.15, 0.2) is 41.8 Å². The molecule has 6 nitrogen and oxygen atoms in total. The third-order valence-corrected chi connectivity index (χ3v) is 5.36. The molecule has 3 amide bonds. The maximum absolute atomic E-state index is 12.3. The molecule has 0 radical (unpaired) electrons. The molecule has 1 saturated heterocycles. The third-order valence-electron chi connectivity index (χ3n) is 4.27.